The molecule has 1 atom stereocenters. The van der Waals surface area contributed by atoms with Gasteiger partial charge in [0.2, 0.25) is 0 Å². The van der Waals surface area contributed by atoms with E-state index in [2.05, 4.69) is 86.5 Å². The first-order valence-corrected chi connectivity index (χ1v) is 12.3. The summed E-state index contributed by atoms with van der Waals surface area (Å²) in [6.07, 6.45) is 0. The van der Waals surface area contributed by atoms with Crippen LogP contribution < -0.4 is 10.6 Å². The van der Waals surface area contributed by atoms with Crippen molar-refractivity contribution in [3.63, 3.8) is 0 Å². The van der Waals surface area contributed by atoms with Gasteiger partial charge >= 0.3 is 28.7 Å². The van der Waals surface area contributed by atoms with E-state index in [4.69, 9.17) is 0 Å². The molecule has 0 aromatic heterocycles. The standard InChI is InChI=1S/C22H31NOP.ClH.Ti/c1-14(2)23-13-17-10-8-9-15(3)21(17)25-19-12-18(22(5,6)7)11-16(4)20(19)24;;/h8-12,14,24-25H,13H2,1-7H3;1H;/q-1;;+2/p-1. The molecule has 2 rings (SSSR count). The van der Waals surface area contributed by atoms with E-state index in [1.165, 1.54) is 41.4 Å². The SMILES string of the molecule is Cc1cc(C(C)(C)C)cc(Pc2c(C)cccc2C[N-]C(C)C)c1O.[Cl][Ti+]. The molecule has 0 heterocycles. The van der Waals surface area contributed by atoms with E-state index in [1.807, 2.05) is 6.92 Å². The van der Waals surface area contributed by atoms with Crippen molar-refractivity contribution >= 4 is 28.5 Å². The van der Waals surface area contributed by atoms with Gasteiger partial charge in [-0.25, -0.2) is 0 Å². The molecule has 0 aliphatic heterocycles. The topological polar surface area (TPSA) is 34.3 Å². The van der Waals surface area contributed by atoms with Crippen LogP contribution >= 0.6 is 17.9 Å². The summed E-state index contributed by atoms with van der Waals surface area (Å²) in [5.41, 5.74) is 4.83. The minimum absolute atomic E-state index is 0.0687. The Morgan fingerprint density at radius 3 is 2.30 bits per heavy atom. The molecule has 0 aliphatic carbocycles. The number of rotatable bonds is 5. The second-order valence-electron chi connectivity index (χ2n) is 8.11. The van der Waals surface area contributed by atoms with Crippen LogP contribution in [0.15, 0.2) is 30.3 Å². The third-order valence-electron chi connectivity index (χ3n) is 4.41. The Hall–Kier alpha value is -0.366. The molecule has 1 N–H and O–H groups in total. The Kier molecular flexibility index (Phi) is 10.0. The Balaban J connectivity index is 0.00000176. The van der Waals surface area contributed by atoms with Crippen LogP contribution in [0.2, 0.25) is 0 Å². The summed E-state index contributed by atoms with van der Waals surface area (Å²) < 4.78 is 0. The fourth-order valence-corrected chi connectivity index (χ4v) is 4.18. The van der Waals surface area contributed by atoms with Crippen molar-refractivity contribution in [1.29, 1.82) is 0 Å². The molecule has 1 unspecified atom stereocenters. The molecule has 2 aromatic rings. The van der Waals surface area contributed by atoms with Gasteiger partial charge < -0.3 is 10.4 Å². The van der Waals surface area contributed by atoms with Gasteiger partial charge in [0.1, 0.15) is 5.75 Å². The van der Waals surface area contributed by atoms with E-state index in [0.717, 1.165) is 17.4 Å². The summed E-state index contributed by atoms with van der Waals surface area (Å²) in [6.45, 7) is 15.7. The monoisotopic (exact) mass is 439 g/mol. The number of phenols is 1. The van der Waals surface area contributed by atoms with Gasteiger partial charge in [0.25, 0.3) is 0 Å². The first-order chi connectivity index (χ1) is 12.6. The summed E-state index contributed by atoms with van der Waals surface area (Å²) in [5, 5.41) is 17.7. The van der Waals surface area contributed by atoms with E-state index < -0.39 is 0 Å². The third-order valence-corrected chi connectivity index (χ3v) is 6.03. The summed E-state index contributed by atoms with van der Waals surface area (Å²) >= 11 is 1.47. The Morgan fingerprint density at radius 2 is 1.74 bits per heavy atom. The fraction of sp³-hybridized carbons (Fsp3) is 0.455. The zero-order valence-corrected chi connectivity index (χ0v) is 20.8. The van der Waals surface area contributed by atoms with Crippen LogP contribution in [0, 0.1) is 13.8 Å². The molecule has 0 fully saturated rings. The third kappa shape index (κ3) is 7.19. The molecule has 0 spiro atoms. The predicted octanol–water partition coefficient (Wildman–Crippen LogP) is 5.90. The zero-order valence-electron chi connectivity index (χ0n) is 17.4. The van der Waals surface area contributed by atoms with Gasteiger partial charge in [-0.1, -0.05) is 73.0 Å². The number of hydrogen-bond acceptors (Lipinski definition) is 1. The number of halogens is 1. The number of benzene rings is 2. The maximum atomic E-state index is 10.6. The number of phenolic OH excluding ortho intramolecular Hbond substituents is 1. The molecular weight excluding hydrogens is 409 g/mol. The predicted molar refractivity (Wildman–Crippen MR) is 118 cm³/mol. The van der Waals surface area contributed by atoms with Crippen LogP contribution in [-0.4, -0.2) is 11.1 Å². The van der Waals surface area contributed by atoms with Crippen molar-refractivity contribution in [2.45, 2.75) is 66.5 Å². The van der Waals surface area contributed by atoms with Gasteiger partial charge in [-0.15, -0.1) is 12.6 Å². The van der Waals surface area contributed by atoms with E-state index in [-0.39, 0.29) is 5.41 Å². The summed E-state index contributed by atoms with van der Waals surface area (Å²) in [6, 6.07) is 11.0. The summed E-state index contributed by atoms with van der Waals surface area (Å²) in [4.78, 5) is 0. The molecule has 0 bridgehead atoms. The van der Waals surface area contributed by atoms with E-state index in [9.17, 15) is 5.11 Å². The first kappa shape index (κ1) is 24.7. The Bertz CT molecular complexity index is 757. The average molecular weight is 440 g/mol. The molecule has 5 heteroatoms. The number of aryl methyl sites for hydroxylation is 2. The second kappa shape index (κ2) is 11.0. The normalized spacial score (nSPS) is 11.7. The number of aromatic hydroxyl groups is 1. The van der Waals surface area contributed by atoms with Gasteiger partial charge in [0.05, 0.1) is 0 Å². The molecule has 146 valence electrons. The molecule has 2 aromatic carbocycles. The van der Waals surface area contributed by atoms with Crippen molar-refractivity contribution in [2.24, 2.45) is 0 Å². The maximum absolute atomic E-state index is 10.6. The molecule has 0 saturated heterocycles. The zero-order chi connectivity index (χ0) is 20.8. The van der Waals surface area contributed by atoms with Gasteiger partial charge in [-0.05, 0) is 47.3 Å². The first-order valence-electron chi connectivity index (χ1n) is 9.14. The van der Waals surface area contributed by atoms with Crippen LogP contribution in [0.1, 0.15) is 56.9 Å². The van der Waals surface area contributed by atoms with Crippen LogP contribution in [0.3, 0.4) is 0 Å². The molecule has 0 radical (unpaired) electrons. The van der Waals surface area contributed by atoms with Crippen molar-refractivity contribution in [2.75, 3.05) is 0 Å². The van der Waals surface area contributed by atoms with Gasteiger partial charge in [0.15, 0.2) is 0 Å². The van der Waals surface area contributed by atoms with Crippen LogP contribution in [-0.2, 0) is 31.3 Å². The molecule has 2 nitrogen and oxygen atoms in total. The van der Waals surface area contributed by atoms with Gasteiger partial charge in [-0.3, -0.25) is 0 Å². The van der Waals surface area contributed by atoms with E-state index in [1.54, 1.807) is 0 Å². The summed E-state index contributed by atoms with van der Waals surface area (Å²) in [5.74, 6) is 0.432. The van der Waals surface area contributed by atoms with E-state index >= 15 is 0 Å². The van der Waals surface area contributed by atoms with Crippen molar-refractivity contribution in [3.8, 4) is 5.75 Å². The van der Waals surface area contributed by atoms with Crippen LogP contribution in [0.4, 0.5) is 0 Å². The molecule has 0 aliphatic rings. The quantitative estimate of drug-likeness (QED) is 0.456. The fourth-order valence-electron chi connectivity index (χ4n) is 2.76. The van der Waals surface area contributed by atoms with Gasteiger partial charge in [-0.2, -0.15) is 0 Å². The van der Waals surface area contributed by atoms with Crippen molar-refractivity contribution < 1.29 is 24.5 Å². The molecular formula is C22H31ClNOPTi. The van der Waals surface area contributed by atoms with Crippen LogP contribution in [0.25, 0.3) is 5.32 Å². The molecule has 27 heavy (non-hydrogen) atoms. The van der Waals surface area contributed by atoms with Crippen molar-refractivity contribution in [3.05, 3.63) is 57.9 Å². The Morgan fingerprint density at radius 1 is 1.11 bits per heavy atom. The molecule has 0 saturated carbocycles. The van der Waals surface area contributed by atoms with Crippen LogP contribution in [0.5, 0.6) is 5.75 Å². The number of hydrogen-bond donors (Lipinski definition) is 1. The molecule has 0 amide bonds. The Labute approximate surface area is 182 Å². The average Bonchev–Trinajstić information content (AvgIpc) is 2.59. The minimum atomic E-state index is 0.0687. The van der Waals surface area contributed by atoms with Crippen molar-refractivity contribution in [1.82, 2.24) is 0 Å². The van der Waals surface area contributed by atoms with E-state index in [0.29, 0.717) is 20.4 Å². The number of nitrogens with zero attached hydrogens (tertiary/aromatic N) is 1. The summed E-state index contributed by atoms with van der Waals surface area (Å²) in [7, 11) is 5.08. The van der Waals surface area contributed by atoms with Gasteiger partial charge in [0, 0.05) is 5.30 Å². The second-order valence-corrected chi connectivity index (χ2v) is 9.40.